The van der Waals surface area contributed by atoms with Crippen molar-refractivity contribution in [2.24, 2.45) is 0 Å². The van der Waals surface area contributed by atoms with Gasteiger partial charge in [-0.25, -0.2) is 9.37 Å². The fourth-order valence-electron chi connectivity index (χ4n) is 3.37. The van der Waals surface area contributed by atoms with Crippen molar-refractivity contribution < 1.29 is 9.50 Å². The molecule has 1 aliphatic rings. The molecule has 3 heterocycles. The number of anilines is 1. The summed E-state index contributed by atoms with van der Waals surface area (Å²) in [6.07, 6.45) is 1.13. The zero-order chi connectivity index (χ0) is 18.3. The van der Waals surface area contributed by atoms with Crippen LogP contribution in [0.5, 0.6) is 0 Å². The van der Waals surface area contributed by atoms with E-state index in [0.717, 1.165) is 28.1 Å². The summed E-state index contributed by atoms with van der Waals surface area (Å²) in [7, 11) is 0. The standard InChI is InChI=1S/C19H20FN5O/c1-12(26)24-8-9-25-16(11-24)18(14-6-7-22-17(21)10-14)19(23-25)13-2-4-15(20)5-3-13/h2-7,10,12,26H,8-9,11H2,1H3,(H2,21,22). The van der Waals surface area contributed by atoms with E-state index in [9.17, 15) is 9.50 Å². The van der Waals surface area contributed by atoms with Gasteiger partial charge in [-0.15, -0.1) is 0 Å². The molecule has 0 radical (unpaired) electrons. The summed E-state index contributed by atoms with van der Waals surface area (Å²) < 4.78 is 15.3. The number of rotatable bonds is 3. The van der Waals surface area contributed by atoms with Crippen LogP contribution in [0.15, 0.2) is 42.6 Å². The largest absolute Gasteiger partial charge is 0.384 e. The Balaban J connectivity index is 1.90. The van der Waals surface area contributed by atoms with Crippen molar-refractivity contribution in [3.8, 4) is 22.4 Å². The predicted molar refractivity (Wildman–Crippen MR) is 97.4 cm³/mol. The molecule has 2 aromatic heterocycles. The Labute approximate surface area is 150 Å². The lowest BCUT2D eigenvalue weighted by Crippen LogP contribution is -2.39. The Morgan fingerprint density at radius 3 is 2.62 bits per heavy atom. The van der Waals surface area contributed by atoms with Crippen molar-refractivity contribution in [3.63, 3.8) is 0 Å². The first-order valence-electron chi connectivity index (χ1n) is 8.52. The van der Waals surface area contributed by atoms with Gasteiger partial charge in [0.1, 0.15) is 23.6 Å². The van der Waals surface area contributed by atoms with Crippen molar-refractivity contribution in [1.29, 1.82) is 0 Å². The molecule has 1 unspecified atom stereocenters. The normalized spacial score (nSPS) is 15.7. The lowest BCUT2D eigenvalue weighted by atomic mass is 9.98. The van der Waals surface area contributed by atoms with E-state index >= 15 is 0 Å². The molecule has 0 spiro atoms. The number of pyridine rings is 1. The molecule has 7 heteroatoms. The Morgan fingerprint density at radius 2 is 1.92 bits per heavy atom. The number of nitrogens with zero attached hydrogens (tertiary/aromatic N) is 4. The molecule has 1 atom stereocenters. The molecule has 3 aromatic rings. The molecule has 3 N–H and O–H groups in total. The number of benzene rings is 1. The van der Waals surface area contributed by atoms with Gasteiger partial charge in [0.25, 0.3) is 0 Å². The molecule has 4 rings (SSSR count). The fraction of sp³-hybridized carbons (Fsp3) is 0.263. The number of nitrogen functional groups attached to an aromatic ring is 1. The van der Waals surface area contributed by atoms with Gasteiger partial charge in [-0.3, -0.25) is 9.58 Å². The highest BCUT2D eigenvalue weighted by Gasteiger charge is 2.27. The van der Waals surface area contributed by atoms with Crippen LogP contribution in [0.3, 0.4) is 0 Å². The summed E-state index contributed by atoms with van der Waals surface area (Å²) in [5.41, 5.74) is 10.3. The second-order valence-corrected chi connectivity index (χ2v) is 6.47. The monoisotopic (exact) mass is 353 g/mol. The molecule has 6 nitrogen and oxygen atoms in total. The van der Waals surface area contributed by atoms with E-state index in [1.165, 1.54) is 12.1 Å². The molecule has 0 amide bonds. The Kier molecular flexibility index (Phi) is 4.18. The zero-order valence-electron chi connectivity index (χ0n) is 14.4. The second kappa shape index (κ2) is 6.51. The molecule has 0 saturated heterocycles. The van der Waals surface area contributed by atoms with E-state index in [2.05, 4.69) is 4.98 Å². The van der Waals surface area contributed by atoms with Gasteiger partial charge in [-0.2, -0.15) is 5.10 Å². The third kappa shape index (κ3) is 2.95. The smallest absolute Gasteiger partial charge is 0.123 e. The number of halogens is 1. The first-order valence-corrected chi connectivity index (χ1v) is 8.52. The molecule has 1 aliphatic heterocycles. The van der Waals surface area contributed by atoms with Crippen LogP contribution in [0.1, 0.15) is 12.6 Å². The Morgan fingerprint density at radius 1 is 1.15 bits per heavy atom. The molecule has 0 aliphatic carbocycles. The van der Waals surface area contributed by atoms with Crippen molar-refractivity contribution in [2.75, 3.05) is 12.3 Å². The highest BCUT2D eigenvalue weighted by atomic mass is 19.1. The topological polar surface area (TPSA) is 80.2 Å². The molecular weight excluding hydrogens is 333 g/mol. The quantitative estimate of drug-likeness (QED) is 0.756. The lowest BCUT2D eigenvalue weighted by molar-refractivity contribution is -0.000389. The van der Waals surface area contributed by atoms with Crippen LogP contribution in [-0.2, 0) is 13.1 Å². The number of nitrogens with two attached hydrogens (primary N) is 1. The minimum atomic E-state index is -0.539. The molecular formula is C19H20FN5O. The van der Waals surface area contributed by atoms with Crippen molar-refractivity contribution in [3.05, 3.63) is 54.1 Å². The highest BCUT2D eigenvalue weighted by molar-refractivity contribution is 5.83. The number of fused-ring (bicyclic) bond motifs is 1. The van der Waals surface area contributed by atoms with E-state index in [4.69, 9.17) is 10.8 Å². The van der Waals surface area contributed by atoms with Crippen LogP contribution < -0.4 is 5.73 Å². The highest BCUT2D eigenvalue weighted by Crippen LogP contribution is 2.37. The van der Waals surface area contributed by atoms with Crippen LogP contribution in [0.2, 0.25) is 0 Å². The van der Waals surface area contributed by atoms with Gasteiger partial charge in [0.05, 0.1) is 12.2 Å². The Bertz CT molecular complexity index is 936. The van der Waals surface area contributed by atoms with Crippen molar-refractivity contribution in [1.82, 2.24) is 19.7 Å². The predicted octanol–water partition coefficient (Wildman–Crippen LogP) is 2.49. The van der Waals surface area contributed by atoms with Gasteiger partial charge >= 0.3 is 0 Å². The molecule has 134 valence electrons. The van der Waals surface area contributed by atoms with Crippen LogP contribution in [-0.4, -0.2) is 37.5 Å². The van der Waals surface area contributed by atoms with Gasteiger partial charge in [-0.05, 0) is 48.9 Å². The Hall–Kier alpha value is -2.77. The molecule has 0 fully saturated rings. The van der Waals surface area contributed by atoms with Crippen LogP contribution in [0, 0.1) is 5.82 Å². The average Bonchev–Trinajstić information content (AvgIpc) is 3.00. The van der Waals surface area contributed by atoms with Gasteiger partial charge in [0, 0.05) is 30.4 Å². The van der Waals surface area contributed by atoms with E-state index in [1.807, 2.05) is 21.7 Å². The first-order chi connectivity index (χ1) is 12.5. The minimum Gasteiger partial charge on any atom is -0.384 e. The van der Waals surface area contributed by atoms with Gasteiger partial charge < -0.3 is 10.8 Å². The fourth-order valence-corrected chi connectivity index (χ4v) is 3.37. The lowest BCUT2D eigenvalue weighted by Gasteiger charge is -2.30. The van der Waals surface area contributed by atoms with E-state index in [-0.39, 0.29) is 5.82 Å². The van der Waals surface area contributed by atoms with Crippen LogP contribution in [0.4, 0.5) is 10.2 Å². The van der Waals surface area contributed by atoms with E-state index < -0.39 is 6.23 Å². The summed E-state index contributed by atoms with van der Waals surface area (Å²) in [5, 5.41) is 14.8. The maximum atomic E-state index is 13.4. The number of aromatic nitrogens is 3. The van der Waals surface area contributed by atoms with Gasteiger partial charge in [-0.1, -0.05) is 0 Å². The summed E-state index contributed by atoms with van der Waals surface area (Å²) >= 11 is 0. The van der Waals surface area contributed by atoms with Crippen LogP contribution in [0.25, 0.3) is 22.4 Å². The third-order valence-corrected chi connectivity index (χ3v) is 4.73. The van der Waals surface area contributed by atoms with Crippen LogP contribution >= 0.6 is 0 Å². The van der Waals surface area contributed by atoms with E-state index in [1.54, 1.807) is 25.3 Å². The zero-order valence-corrected chi connectivity index (χ0v) is 14.4. The third-order valence-electron chi connectivity index (χ3n) is 4.73. The molecule has 0 bridgehead atoms. The maximum Gasteiger partial charge on any atom is 0.123 e. The van der Waals surface area contributed by atoms with E-state index in [0.29, 0.717) is 25.5 Å². The minimum absolute atomic E-state index is 0.285. The van der Waals surface area contributed by atoms with Gasteiger partial charge in [0.2, 0.25) is 0 Å². The first kappa shape index (κ1) is 16.7. The number of aliphatic hydroxyl groups is 1. The summed E-state index contributed by atoms with van der Waals surface area (Å²) in [4.78, 5) is 6.06. The SMILES string of the molecule is CC(O)N1CCn2nc(-c3ccc(F)cc3)c(-c3ccnc(N)c3)c2C1. The van der Waals surface area contributed by atoms with Gasteiger partial charge in [0.15, 0.2) is 0 Å². The number of hydrogen-bond acceptors (Lipinski definition) is 5. The summed E-state index contributed by atoms with van der Waals surface area (Å²) in [6, 6.07) is 10.0. The molecule has 0 saturated carbocycles. The maximum absolute atomic E-state index is 13.4. The molecule has 1 aromatic carbocycles. The second-order valence-electron chi connectivity index (χ2n) is 6.47. The number of hydrogen-bond donors (Lipinski definition) is 2. The summed E-state index contributed by atoms with van der Waals surface area (Å²) in [6.45, 7) is 3.72. The average molecular weight is 353 g/mol. The summed E-state index contributed by atoms with van der Waals surface area (Å²) in [5.74, 6) is 0.142. The number of aliphatic hydroxyl groups excluding tert-OH is 1. The van der Waals surface area contributed by atoms with Crippen molar-refractivity contribution >= 4 is 5.82 Å². The van der Waals surface area contributed by atoms with Crippen molar-refractivity contribution in [2.45, 2.75) is 26.2 Å². The molecule has 26 heavy (non-hydrogen) atoms.